The van der Waals surface area contributed by atoms with Crippen LogP contribution in [0.15, 0.2) is 48.5 Å². The number of halogens is 3. The van der Waals surface area contributed by atoms with Crippen molar-refractivity contribution in [1.29, 1.82) is 0 Å². The standard InChI is InChI=1S/C13H11ClFN.ClH/c14-12-4-2-1-3-11(12)13(16)9-5-7-10(15)8-6-9;/h1-8,13H,16H2;1H. The molecule has 0 fully saturated rings. The second-order valence-electron chi connectivity index (χ2n) is 3.55. The summed E-state index contributed by atoms with van der Waals surface area (Å²) >= 11 is 6.05. The van der Waals surface area contributed by atoms with Crippen LogP contribution in [0.25, 0.3) is 0 Å². The average Bonchev–Trinajstić information content (AvgIpc) is 2.30. The first-order valence-corrected chi connectivity index (χ1v) is 5.32. The highest BCUT2D eigenvalue weighted by Crippen LogP contribution is 2.26. The molecule has 0 heterocycles. The Hall–Kier alpha value is -1.09. The third-order valence-electron chi connectivity index (χ3n) is 2.47. The van der Waals surface area contributed by atoms with Gasteiger partial charge in [0.15, 0.2) is 0 Å². The van der Waals surface area contributed by atoms with Gasteiger partial charge in [0.25, 0.3) is 0 Å². The summed E-state index contributed by atoms with van der Waals surface area (Å²) in [5.41, 5.74) is 7.75. The Bertz CT molecular complexity index is 485. The normalized spacial score (nSPS) is 11.7. The lowest BCUT2D eigenvalue weighted by Crippen LogP contribution is -2.12. The molecule has 0 saturated heterocycles. The quantitative estimate of drug-likeness (QED) is 0.880. The Morgan fingerprint density at radius 3 is 2.18 bits per heavy atom. The number of hydrogen-bond donors (Lipinski definition) is 1. The van der Waals surface area contributed by atoms with Gasteiger partial charge in [0.1, 0.15) is 5.82 Å². The molecule has 0 radical (unpaired) electrons. The van der Waals surface area contributed by atoms with Crippen LogP contribution in [-0.4, -0.2) is 0 Å². The van der Waals surface area contributed by atoms with Crippen LogP contribution in [0.1, 0.15) is 17.2 Å². The van der Waals surface area contributed by atoms with Crippen LogP contribution in [0.3, 0.4) is 0 Å². The van der Waals surface area contributed by atoms with Crippen LogP contribution in [0.2, 0.25) is 5.02 Å². The Balaban J connectivity index is 0.00000144. The molecule has 1 nitrogen and oxygen atoms in total. The van der Waals surface area contributed by atoms with Crippen molar-refractivity contribution in [2.75, 3.05) is 0 Å². The number of hydrogen-bond acceptors (Lipinski definition) is 1. The predicted octanol–water partition coefficient (Wildman–Crippen LogP) is 3.95. The van der Waals surface area contributed by atoms with Crippen LogP contribution in [-0.2, 0) is 0 Å². The van der Waals surface area contributed by atoms with Gasteiger partial charge in [0.05, 0.1) is 6.04 Å². The van der Waals surface area contributed by atoms with Crippen molar-refractivity contribution in [3.63, 3.8) is 0 Å². The summed E-state index contributed by atoms with van der Waals surface area (Å²) in [6.45, 7) is 0. The lowest BCUT2D eigenvalue weighted by atomic mass is 10.00. The van der Waals surface area contributed by atoms with Gasteiger partial charge >= 0.3 is 0 Å². The van der Waals surface area contributed by atoms with Gasteiger partial charge in [-0.15, -0.1) is 12.4 Å². The summed E-state index contributed by atoms with van der Waals surface area (Å²) in [5, 5.41) is 0.624. The fourth-order valence-electron chi connectivity index (χ4n) is 1.58. The van der Waals surface area contributed by atoms with E-state index in [1.165, 1.54) is 12.1 Å². The van der Waals surface area contributed by atoms with E-state index in [0.29, 0.717) is 5.02 Å². The van der Waals surface area contributed by atoms with E-state index >= 15 is 0 Å². The van der Waals surface area contributed by atoms with Gasteiger partial charge in [-0.1, -0.05) is 41.9 Å². The van der Waals surface area contributed by atoms with Crippen LogP contribution < -0.4 is 5.73 Å². The second kappa shape index (κ2) is 6.01. The van der Waals surface area contributed by atoms with Gasteiger partial charge in [-0.25, -0.2) is 4.39 Å². The lowest BCUT2D eigenvalue weighted by molar-refractivity contribution is 0.626. The van der Waals surface area contributed by atoms with Gasteiger partial charge in [0.2, 0.25) is 0 Å². The van der Waals surface area contributed by atoms with Gasteiger partial charge in [-0.05, 0) is 29.3 Å². The Labute approximate surface area is 111 Å². The highest BCUT2D eigenvalue weighted by molar-refractivity contribution is 6.31. The van der Waals surface area contributed by atoms with E-state index < -0.39 is 0 Å². The summed E-state index contributed by atoms with van der Waals surface area (Å²) in [6.07, 6.45) is 0. The molecule has 0 aromatic heterocycles. The zero-order valence-electron chi connectivity index (χ0n) is 8.94. The molecule has 0 spiro atoms. The summed E-state index contributed by atoms with van der Waals surface area (Å²) in [7, 11) is 0. The Morgan fingerprint density at radius 1 is 1.00 bits per heavy atom. The summed E-state index contributed by atoms with van der Waals surface area (Å²) in [4.78, 5) is 0. The molecular formula is C13H12Cl2FN. The van der Waals surface area contributed by atoms with Crippen molar-refractivity contribution in [2.24, 2.45) is 5.73 Å². The first kappa shape index (κ1) is 14.0. The molecule has 1 atom stereocenters. The second-order valence-corrected chi connectivity index (χ2v) is 3.96. The maximum absolute atomic E-state index is 12.8. The highest BCUT2D eigenvalue weighted by Gasteiger charge is 2.11. The maximum atomic E-state index is 12.8. The first-order chi connectivity index (χ1) is 7.68. The molecule has 2 aromatic carbocycles. The van der Waals surface area contributed by atoms with Gasteiger partial charge < -0.3 is 5.73 Å². The topological polar surface area (TPSA) is 26.0 Å². The fourth-order valence-corrected chi connectivity index (χ4v) is 1.83. The van der Waals surface area contributed by atoms with E-state index in [1.54, 1.807) is 18.2 Å². The zero-order valence-corrected chi connectivity index (χ0v) is 10.5. The van der Waals surface area contributed by atoms with Crippen molar-refractivity contribution >= 4 is 24.0 Å². The molecular weight excluding hydrogens is 260 g/mol. The molecule has 0 amide bonds. The summed E-state index contributed by atoms with van der Waals surface area (Å²) < 4.78 is 12.8. The predicted molar refractivity (Wildman–Crippen MR) is 71.1 cm³/mol. The molecule has 0 bridgehead atoms. The minimum atomic E-state index is -0.325. The fraction of sp³-hybridized carbons (Fsp3) is 0.0769. The lowest BCUT2D eigenvalue weighted by Gasteiger charge is -2.13. The molecule has 2 N–H and O–H groups in total. The third kappa shape index (κ3) is 3.19. The van der Waals surface area contributed by atoms with Crippen molar-refractivity contribution in [1.82, 2.24) is 0 Å². The smallest absolute Gasteiger partial charge is 0.123 e. The van der Waals surface area contributed by atoms with Gasteiger partial charge in [0, 0.05) is 5.02 Å². The highest BCUT2D eigenvalue weighted by atomic mass is 35.5. The average molecular weight is 272 g/mol. The maximum Gasteiger partial charge on any atom is 0.123 e. The number of benzene rings is 2. The van der Waals surface area contributed by atoms with Crippen LogP contribution in [0.5, 0.6) is 0 Å². The molecule has 0 aliphatic rings. The van der Waals surface area contributed by atoms with Gasteiger partial charge in [-0.3, -0.25) is 0 Å². The SMILES string of the molecule is Cl.NC(c1ccc(F)cc1)c1ccccc1Cl. The van der Waals surface area contributed by atoms with E-state index in [9.17, 15) is 4.39 Å². The van der Waals surface area contributed by atoms with Gasteiger partial charge in [-0.2, -0.15) is 0 Å². The van der Waals surface area contributed by atoms with E-state index in [0.717, 1.165) is 11.1 Å². The molecule has 2 aromatic rings. The van der Waals surface area contributed by atoms with E-state index in [4.69, 9.17) is 17.3 Å². The molecule has 2 rings (SSSR count). The van der Waals surface area contributed by atoms with E-state index in [-0.39, 0.29) is 24.3 Å². The van der Waals surface area contributed by atoms with Crippen LogP contribution in [0, 0.1) is 5.82 Å². The van der Waals surface area contributed by atoms with Crippen molar-refractivity contribution < 1.29 is 4.39 Å². The first-order valence-electron chi connectivity index (χ1n) is 4.94. The minimum absolute atomic E-state index is 0. The third-order valence-corrected chi connectivity index (χ3v) is 2.81. The van der Waals surface area contributed by atoms with E-state index in [1.807, 2.05) is 18.2 Å². The van der Waals surface area contributed by atoms with Crippen molar-refractivity contribution in [3.8, 4) is 0 Å². The molecule has 0 saturated carbocycles. The van der Waals surface area contributed by atoms with Crippen LogP contribution in [0.4, 0.5) is 4.39 Å². The molecule has 17 heavy (non-hydrogen) atoms. The zero-order chi connectivity index (χ0) is 11.5. The van der Waals surface area contributed by atoms with Crippen molar-refractivity contribution in [2.45, 2.75) is 6.04 Å². The molecule has 4 heteroatoms. The van der Waals surface area contributed by atoms with E-state index in [2.05, 4.69) is 0 Å². The van der Waals surface area contributed by atoms with Crippen molar-refractivity contribution in [3.05, 3.63) is 70.5 Å². The Morgan fingerprint density at radius 2 is 1.59 bits per heavy atom. The largest absolute Gasteiger partial charge is 0.320 e. The molecule has 0 aliphatic heterocycles. The number of nitrogens with two attached hydrogens (primary N) is 1. The Kier molecular flexibility index (Phi) is 4.94. The molecule has 0 aliphatic carbocycles. The molecule has 1 unspecified atom stereocenters. The minimum Gasteiger partial charge on any atom is -0.320 e. The summed E-state index contributed by atoms with van der Waals surface area (Å²) in [6, 6.07) is 13.2. The monoisotopic (exact) mass is 271 g/mol. The number of rotatable bonds is 2. The van der Waals surface area contributed by atoms with Crippen LogP contribution >= 0.6 is 24.0 Å². The molecule has 90 valence electrons. The summed E-state index contributed by atoms with van der Waals surface area (Å²) in [5.74, 6) is -0.268.